The van der Waals surface area contributed by atoms with Crippen molar-refractivity contribution in [3.05, 3.63) is 47.1 Å². The van der Waals surface area contributed by atoms with E-state index in [1.165, 1.54) is 0 Å². The summed E-state index contributed by atoms with van der Waals surface area (Å²) >= 11 is 5.97. The molecule has 1 radical (unpaired) electrons. The van der Waals surface area contributed by atoms with Crippen LogP contribution in [0.15, 0.2) is 28.8 Å². The van der Waals surface area contributed by atoms with Crippen LogP contribution in [0.1, 0.15) is 24.2 Å². The van der Waals surface area contributed by atoms with E-state index in [0.717, 1.165) is 23.4 Å². The lowest BCUT2D eigenvalue weighted by Crippen LogP contribution is -2.10. The van der Waals surface area contributed by atoms with Gasteiger partial charge in [-0.1, -0.05) is 28.9 Å². The summed E-state index contributed by atoms with van der Waals surface area (Å²) in [6, 6.07) is 7.82. The molecule has 0 saturated heterocycles. The Morgan fingerprint density at radius 2 is 2.27 bits per heavy atom. The van der Waals surface area contributed by atoms with Gasteiger partial charge in [-0.2, -0.15) is 4.98 Å². The summed E-state index contributed by atoms with van der Waals surface area (Å²) in [6.45, 7) is 0. The van der Waals surface area contributed by atoms with Crippen LogP contribution in [0.4, 0.5) is 0 Å². The number of hydrogen-bond acceptors (Lipinski definition) is 3. The Morgan fingerprint density at radius 1 is 1.40 bits per heavy atom. The SMILES string of the molecule is Clc1cccc(C2(c3n[c]on3)CC2)c1. The molecule has 1 fully saturated rings. The molecule has 1 aromatic heterocycles. The molecular formula is C11H8ClN2O. The number of benzene rings is 1. The minimum absolute atomic E-state index is 0.0750. The predicted molar refractivity (Wildman–Crippen MR) is 54.6 cm³/mol. The summed E-state index contributed by atoms with van der Waals surface area (Å²) in [5.41, 5.74) is 1.08. The van der Waals surface area contributed by atoms with Crippen molar-refractivity contribution in [1.29, 1.82) is 0 Å². The first-order chi connectivity index (χ1) is 7.31. The van der Waals surface area contributed by atoms with Crippen LogP contribution in [-0.2, 0) is 5.41 Å². The van der Waals surface area contributed by atoms with Crippen LogP contribution < -0.4 is 0 Å². The average Bonchev–Trinajstić information content (AvgIpc) is 2.87. The van der Waals surface area contributed by atoms with Crippen LogP contribution in [0.3, 0.4) is 0 Å². The maximum absolute atomic E-state index is 5.97. The molecule has 1 aliphatic carbocycles. The van der Waals surface area contributed by atoms with Gasteiger partial charge in [0.15, 0.2) is 5.82 Å². The van der Waals surface area contributed by atoms with Gasteiger partial charge in [0.2, 0.25) is 0 Å². The van der Waals surface area contributed by atoms with E-state index >= 15 is 0 Å². The fraction of sp³-hybridized carbons (Fsp3) is 0.273. The second kappa shape index (κ2) is 3.07. The molecule has 1 aromatic carbocycles. The van der Waals surface area contributed by atoms with E-state index in [1.807, 2.05) is 18.2 Å². The highest BCUT2D eigenvalue weighted by Crippen LogP contribution is 2.52. The fourth-order valence-electron chi connectivity index (χ4n) is 1.89. The summed E-state index contributed by atoms with van der Waals surface area (Å²) in [5.74, 6) is 0.713. The van der Waals surface area contributed by atoms with E-state index in [-0.39, 0.29) is 5.41 Å². The summed E-state index contributed by atoms with van der Waals surface area (Å²) in [4.78, 5) is 4.01. The monoisotopic (exact) mass is 219 g/mol. The van der Waals surface area contributed by atoms with Gasteiger partial charge in [0, 0.05) is 5.02 Å². The quantitative estimate of drug-likeness (QED) is 0.780. The lowest BCUT2D eigenvalue weighted by Gasteiger charge is -2.10. The molecule has 0 aliphatic heterocycles. The van der Waals surface area contributed by atoms with E-state index < -0.39 is 0 Å². The first kappa shape index (κ1) is 8.92. The Hall–Kier alpha value is -1.35. The Bertz CT molecular complexity index is 477. The van der Waals surface area contributed by atoms with Gasteiger partial charge in [-0.15, -0.1) is 0 Å². The zero-order valence-corrected chi connectivity index (χ0v) is 8.66. The van der Waals surface area contributed by atoms with Gasteiger partial charge in [0.1, 0.15) is 0 Å². The first-order valence-corrected chi connectivity index (χ1v) is 5.15. The number of aromatic nitrogens is 2. The smallest absolute Gasteiger partial charge is 0.316 e. The number of hydrogen-bond donors (Lipinski definition) is 0. The predicted octanol–water partition coefficient (Wildman–Crippen LogP) is 2.60. The molecule has 4 heteroatoms. The van der Waals surface area contributed by atoms with E-state index in [9.17, 15) is 0 Å². The van der Waals surface area contributed by atoms with Crippen LogP contribution in [0.5, 0.6) is 0 Å². The molecule has 75 valence electrons. The molecule has 1 saturated carbocycles. The van der Waals surface area contributed by atoms with Gasteiger partial charge in [-0.25, -0.2) is 0 Å². The highest BCUT2D eigenvalue weighted by Gasteiger charge is 2.49. The molecule has 0 unspecified atom stereocenters. The molecule has 0 bridgehead atoms. The molecule has 2 aromatic rings. The summed E-state index contributed by atoms with van der Waals surface area (Å²) < 4.78 is 4.67. The van der Waals surface area contributed by atoms with Crippen LogP contribution in [0.2, 0.25) is 5.02 Å². The lowest BCUT2D eigenvalue weighted by atomic mass is 9.95. The van der Waals surface area contributed by atoms with Crippen LogP contribution >= 0.6 is 11.6 Å². The summed E-state index contributed by atoms with van der Waals surface area (Å²) in [5, 5.41) is 4.61. The molecule has 1 aliphatic rings. The third-order valence-electron chi connectivity index (χ3n) is 2.88. The lowest BCUT2D eigenvalue weighted by molar-refractivity contribution is 0.399. The van der Waals surface area contributed by atoms with Crippen molar-refractivity contribution in [3.8, 4) is 0 Å². The van der Waals surface area contributed by atoms with Crippen molar-refractivity contribution in [1.82, 2.24) is 10.1 Å². The van der Waals surface area contributed by atoms with E-state index in [1.54, 1.807) is 0 Å². The van der Waals surface area contributed by atoms with Gasteiger partial charge in [-0.3, -0.25) is 0 Å². The fourth-order valence-corrected chi connectivity index (χ4v) is 2.08. The van der Waals surface area contributed by atoms with Gasteiger partial charge >= 0.3 is 6.39 Å². The van der Waals surface area contributed by atoms with Crippen molar-refractivity contribution in [2.75, 3.05) is 0 Å². The maximum atomic E-state index is 5.97. The zero-order chi connectivity index (χ0) is 10.3. The van der Waals surface area contributed by atoms with Crippen LogP contribution in [0, 0.1) is 6.39 Å². The van der Waals surface area contributed by atoms with Crippen molar-refractivity contribution in [2.45, 2.75) is 18.3 Å². The van der Waals surface area contributed by atoms with Crippen molar-refractivity contribution in [2.24, 2.45) is 0 Å². The summed E-state index contributed by atoms with van der Waals surface area (Å²) in [7, 11) is 0. The molecule has 0 N–H and O–H groups in total. The maximum Gasteiger partial charge on any atom is 0.316 e. The Balaban J connectivity index is 2.07. The molecule has 0 amide bonds. The highest BCUT2D eigenvalue weighted by molar-refractivity contribution is 6.30. The van der Waals surface area contributed by atoms with Crippen molar-refractivity contribution < 1.29 is 4.52 Å². The van der Waals surface area contributed by atoms with Gasteiger partial charge in [0.25, 0.3) is 0 Å². The minimum atomic E-state index is -0.0750. The number of nitrogens with zero attached hydrogens (tertiary/aromatic N) is 2. The van der Waals surface area contributed by atoms with Crippen LogP contribution in [-0.4, -0.2) is 10.1 Å². The molecule has 0 spiro atoms. The summed E-state index contributed by atoms with van der Waals surface area (Å²) in [6.07, 6.45) is 4.48. The highest BCUT2D eigenvalue weighted by atomic mass is 35.5. The topological polar surface area (TPSA) is 38.9 Å². The molecule has 0 atom stereocenters. The molecular weight excluding hydrogens is 212 g/mol. The minimum Gasteiger partial charge on any atom is -0.329 e. The Morgan fingerprint density at radius 3 is 2.87 bits per heavy atom. The van der Waals surface area contributed by atoms with Crippen molar-refractivity contribution >= 4 is 11.6 Å². The van der Waals surface area contributed by atoms with Gasteiger partial charge in [0.05, 0.1) is 5.41 Å². The zero-order valence-electron chi connectivity index (χ0n) is 7.90. The normalized spacial score (nSPS) is 17.7. The largest absolute Gasteiger partial charge is 0.329 e. The number of rotatable bonds is 2. The Labute approximate surface area is 92.1 Å². The second-order valence-corrected chi connectivity index (χ2v) is 4.24. The van der Waals surface area contributed by atoms with Gasteiger partial charge < -0.3 is 4.52 Å². The van der Waals surface area contributed by atoms with Gasteiger partial charge in [-0.05, 0) is 30.5 Å². The molecule has 3 rings (SSSR count). The average molecular weight is 220 g/mol. The molecule has 15 heavy (non-hydrogen) atoms. The standard InChI is InChI=1S/C11H8ClN2O/c12-9-3-1-2-8(6-9)11(4-5-11)10-13-7-15-14-10/h1-3,6H,4-5H2. The Kier molecular flexibility index (Phi) is 1.83. The van der Waals surface area contributed by atoms with Crippen molar-refractivity contribution in [3.63, 3.8) is 0 Å². The van der Waals surface area contributed by atoms with E-state index in [2.05, 4.69) is 27.1 Å². The number of halogens is 1. The van der Waals surface area contributed by atoms with E-state index in [4.69, 9.17) is 11.6 Å². The molecule has 3 nitrogen and oxygen atoms in total. The third kappa shape index (κ3) is 1.35. The first-order valence-electron chi connectivity index (χ1n) is 4.77. The second-order valence-electron chi connectivity index (χ2n) is 3.80. The van der Waals surface area contributed by atoms with E-state index in [0.29, 0.717) is 5.82 Å². The molecule has 1 heterocycles. The van der Waals surface area contributed by atoms with Crippen LogP contribution in [0.25, 0.3) is 0 Å². The third-order valence-corrected chi connectivity index (χ3v) is 3.11.